The predicted octanol–water partition coefficient (Wildman–Crippen LogP) is 2.13. The number of ketones is 2. The molecule has 1 spiro atoms. The second-order valence-corrected chi connectivity index (χ2v) is 6.53. The van der Waals surface area contributed by atoms with Crippen molar-refractivity contribution in [2.75, 3.05) is 0 Å². The molecule has 1 aliphatic carbocycles. The molecule has 0 radical (unpaired) electrons. The molecule has 0 bridgehead atoms. The Kier molecular flexibility index (Phi) is 3.95. The van der Waals surface area contributed by atoms with Crippen molar-refractivity contribution in [3.8, 4) is 0 Å². The maximum absolute atomic E-state index is 12.7. The van der Waals surface area contributed by atoms with Gasteiger partial charge in [-0.3, -0.25) is 19.7 Å². The van der Waals surface area contributed by atoms with Crippen LogP contribution in [0, 0.1) is 16.0 Å². The third kappa shape index (κ3) is 2.50. The molecule has 0 unspecified atom stereocenters. The first-order valence-corrected chi connectivity index (χ1v) is 7.80. The molecule has 1 aromatic carbocycles. The summed E-state index contributed by atoms with van der Waals surface area (Å²) in [4.78, 5) is 41.2. The molecule has 1 aromatic rings. The Morgan fingerprint density at radius 2 is 2.04 bits per heavy atom. The molecule has 0 aromatic heterocycles. The van der Waals surface area contributed by atoms with Crippen LogP contribution < -0.4 is 0 Å². The third-order valence-corrected chi connectivity index (χ3v) is 4.93. The average Bonchev–Trinajstić information content (AvgIpc) is 2.83. The van der Waals surface area contributed by atoms with Crippen molar-refractivity contribution >= 4 is 17.3 Å². The van der Waals surface area contributed by atoms with Gasteiger partial charge in [0.2, 0.25) is 5.60 Å². The zero-order valence-electron chi connectivity index (χ0n) is 13.5. The van der Waals surface area contributed by atoms with Gasteiger partial charge in [0, 0.05) is 17.3 Å². The summed E-state index contributed by atoms with van der Waals surface area (Å²) in [5, 5.41) is 15.3. The number of nitro groups is 1. The van der Waals surface area contributed by atoms with Gasteiger partial charge in [0.15, 0.2) is 0 Å². The van der Waals surface area contributed by atoms with Crippen LogP contribution in [0.2, 0.25) is 0 Å². The lowest BCUT2D eigenvalue weighted by molar-refractivity contribution is -0.523. The van der Waals surface area contributed by atoms with E-state index in [-0.39, 0.29) is 30.1 Å². The first-order valence-electron chi connectivity index (χ1n) is 7.80. The molecule has 0 amide bonds. The van der Waals surface area contributed by atoms with Crippen LogP contribution in [0.1, 0.15) is 38.2 Å². The summed E-state index contributed by atoms with van der Waals surface area (Å²) in [5.74, 6) is -1.79. The summed E-state index contributed by atoms with van der Waals surface area (Å²) in [7, 11) is 0. The summed E-state index contributed by atoms with van der Waals surface area (Å²) in [6, 6.07) is 7.97. The molecule has 1 heterocycles. The molecule has 1 fully saturated rings. The van der Waals surface area contributed by atoms with E-state index in [0.717, 1.165) is 5.56 Å². The van der Waals surface area contributed by atoms with Crippen molar-refractivity contribution in [2.45, 2.75) is 44.2 Å². The normalized spacial score (nSPS) is 32.3. The Morgan fingerprint density at radius 3 is 2.62 bits per heavy atom. The van der Waals surface area contributed by atoms with E-state index in [0.29, 0.717) is 0 Å². The molecule has 1 aliphatic heterocycles. The highest BCUT2D eigenvalue weighted by Gasteiger charge is 2.62. The molecule has 0 N–H and O–H groups in total. The van der Waals surface area contributed by atoms with Crippen LogP contribution in [-0.4, -0.2) is 33.8 Å². The van der Waals surface area contributed by atoms with E-state index in [1.165, 1.54) is 13.8 Å². The predicted molar refractivity (Wildman–Crippen MR) is 85.3 cm³/mol. The highest BCUT2D eigenvalue weighted by Crippen LogP contribution is 2.47. The fraction of sp³-hybridized carbons (Fsp3) is 0.471. The standard InChI is InChI=1S/C17H18N2O5/c1-10-16(19(22)23)17(24-18-10)8-13(12-6-4-3-5-7-12)15(11(2)20)14(21)9-17/h3-7,13,15-16H,8-9H2,1-2H3/t13-,15+,16+,17-/m1/s1. The van der Waals surface area contributed by atoms with Crippen LogP contribution in [0.4, 0.5) is 0 Å². The van der Waals surface area contributed by atoms with E-state index >= 15 is 0 Å². The van der Waals surface area contributed by atoms with Crippen molar-refractivity contribution < 1.29 is 19.3 Å². The molecule has 3 rings (SSSR count). The molecule has 1 saturated carbocycles. The molecule has 0 saturated heterocycles. The molecule has 126 valence electrons. The SMILES string of the molecule is CC(=O)[C@@H]1C(=O)C[C@@]2(C[C@@H]1c1ccccc1)ON=C(C)[C@@H]2[N+](=O)[O-]. The van der Waals surface area contributed by atoms with Crippen molar-refractivity contribution in [1.82, 2.24) is 0 Å². The maximum Gasteiger partial charge on any atom is 0.295 e. The van der Waals surface area contributed by atoms with Crippen molar-refractivity contribution in [1.29, 1.82) is 0 Å². The third-order valence-electron chi connectivity index (χ3n) is 4.93. The highest BCUT2D eigenvalue weighted by atomic mass is 16.7. The van der Waals surface area contributed by atoms with Gasteiger partial charge in [0.25, 0.3) is 6.04 Å². The van der Waals surface area contributed by atoms with Crippen LogP contribution in [0.3, 0.4) is 0 Å². The lowest BCUT2D eigenvalue weighted by Gasteiger charge is -2.39. The van der Waals surface area contributed by atoms with Crippen LogP contribution in [0.25, 0.3) is 0 Å². The van der Waals surface area contributed by atoms with Crippen LogP contribution in [-0.2, 0) is 14.4 Å². The summed E-state index contributed by atoms with van der Waals surface area (Å²) in [6.07, 6.45) is 0.0343. The minimum Gasteiger partial charge on any atom is -0.381 e. The topological polar surface area (TPSA) is 98.9 Å². The number of carbonyl (C=O) groups is 2. The maximum atomic E-state index is 12.7. The number of hydrogen-bond acceptors (Lipinski definition) is 6. The second-order valence-electron chi connectivity index (χ2n) is 6.53. The highest BCUT2D eigenvalue weighted by molar-refractivity contribution is 6.04. The van der Waals surface area contributed by atoms with Crippen LogP contribution >= 0.6 is 0 Å². The minimum atomic E-state index is -1.31. The van der Waals surface area contributed by atoms with Gasteiger partial charge < -0.3 is 4.84 Å². The number of hydrogen-bond donors (Lipinski definition) is 0. The number of rotatable bonds is 3. The number of carbonyl (C=O) groups excluding carboxylic acids is 2. The Morgan fingerprint density at radius 1 is 1.38 bits per heavy atom. The van der Waals surface area contributed by atoms with E-state index in [4.69, 9.17) is 4.84 Å². The fourth-order valence-electron chi connectivity index (χ4n) is 3.98. The molecule has 2 aliphatic rings. The van der Waals surface area contributed by atoms with Gasteiger partial charge in [-0.1, -0.05) is 35.5 Å². The smallest absolute Gasteiger partial charge is 0.295 e. The Labute approximate surface area is 138 Å². The molecule has 7 nitrogen and oxygen atoms in total. The summed E-state index contributed by atoms with van der Waals surface area (Å²) < 4.78 is 0. The van der Waals surface area contributed by atoms with Crippen LogP contribution in [0.5, 0.6) is 0 Å². The molecule has 4 atom stereocenters. The summed E-state index contributed by atoms with van der Waals surface area (Å²) in [6.45, 7) is 2.92. The lowest BCUT2D eigenvalue weighted by Crippen LogP contribution is -2.55. The second kappa shape index (κ2) is 5.81. The fourth-order valence-corrected chi connectivity index (χ4v) is 3.98. The molecule has 24 heavy (non-hydrogen) atoms. The van der Waals surface area contributed by atoms with E-state index in [1.54, 1.807) is 0 Å². The first-order chi connectivity index (χ1) is 11.4. The monoisotopic (exact) mass is 330 g/mol. The van der Waals surface area contributed by atoms with Crippen molar-refractivity contribution in [3.05, 3.63) is 46.0 Å². The molecular formula is C17H18N2O5. The van der Waals surface area contributed by atoms with Crippen molar-refractivity contribution in [2.24, 2.45) is 11.1 Å². The van der Waals surface area contributed by atoms with Crippen LogP contribution in [0.15, 0.2) is 35.5 Å². The Hall–Kier alpha value is -2.57. The number of benzene rings is 1. The van der Waals surface area contributed by atoms with E-state index in [2.05, 4.69) is 5.16 Å². The van der Waals surface area contributed by atoms with Crippen molar-refractivity contribution in [3.63, 3.8) is 0 Å². The lowest BCUT2D eigenvalue weighted by atomic mass is 9.64. The number of Topliss-reactive ketones (excluding diaryl/α,β-unsaturated/α-hetero) is 2. The largest absolute Gasteiger partial charge is 0.381 e. The minimum absolute atomic E-state index is 0.174. The summed E-state index contributed by atoms with van der Waals surface area (Å²) in [5.41, 5.74) is -0.252. The number of oxime groups is 1. The van der Waals surface area contributed by atoms with Gasteiger partial charge in [-0.2, -0.15) is 0 Å². The first kappa shape index (κ1) is 16.3. The van der Waals surface area contributed by atoms with Gasteiger partial charge in [-0.15, -0.1) is 0 Å². The Balaban J connectivity index is 2.04. The zero-order valence-corrected chi connectivity index (χ0v) is 13.5. The van der Waals surface area contributed by atoms with Gasteiger partial charge in [0.05, 0.1) is 12.3 Å². The zero-order chi connectivity index (χ0) is 17.5. The Bertz CT molecular complexity index is 730. The molecular weight excluding hydrogens is 312 g/mol. The average molecular weight is 330 g/mol. The van der Waals surface area contributed by atoms with Gasteiger partial charge in [-0.05, 0) is 19.4 Å². The number of nitrogens with zero attached hydrogens (tertiary/aromatic N) is 2. The molecule has 7 heteroatoms. The van der Waals surface area contributed by atoms with Gasteiger partial charge in [0.1, 0.15) is 17.3 Å². The summed E-state index contributed by atoms with van der Waals surface area (Å²) >= 11 is 0. The van der Waals surface area contributed by atoms with Gasteiger partial charge in [-0.25, -0.2) is 0 Å². The van der Waals surface area contributed by atoms with E-state index < -0.39 is 28.4 Å². The van der Waals surface area contributed by atoms with E-state index in [1.807, 2.05) is 30.3 Å². The quantitative estimate of drug-likeness (QED) is 0.480. The van der Waals surface area contributed by atoms with Gasteiger partial charge >= 0.3 is 0 Å². The van der Waals surface area contributed by atoms with E-state index in [9.17, 15) is 19.7 Å².